The van der Waals surface area contributed by atoms with Gasteiger partial charge in [-0.3, -0.25) is 0 Å². The first-order valence-electron chi connectivity index (χ1n) is 4.67. The van der Waals surface area contributed by atoms with Crippen LogP contribution in [0.2, 0.25) is 0 Å². The molecular weight excluding hydrogens is 291 g/mol. The van der Waals surface area contributed by atoms with Gasteiger partial charge in [-0.05, 0) is 45.6 Å². The van der Waals surface area contributed by atoms with Gasteiger partial charge in [-0.2, -0.15) is 0 Å². The fourth-order valence-electron chi connectivity index (χ4n) is 1.31. The number of hydrogen-bond donors (Lipinski definition) is 2. The molecule has 2 aromatic rings. The van der Waals surface area contributed by atoms with Crippen molar-refractivity contribution in [1.82, 2.24) is 0 Å². The molecule has 0 aliphatic carbocycles. The summed E-state index contributed by atoms with van der Waals surface area (Å²) in [5, 5.41) is 5.11. The Hall–Kier alpha value is -1.07. The van der Waals surface area contributed by atoms with Gasteiger partial charge in [0.05, 0.1) is 17.9 Å². The van der Waals surface area contributed by atoms with Gasteiger partial charge in [0.15, 0.2) is 0 Å². The molecule has 0 saturated heterocycles. The maximum atomic E-state index is 13.0. The van der Waals surface area contributed by atoms with Crippen molar-refractivity contribution in [2.75, 3.05) is 11.1 Å². The third-order valence-electron chi connectivity index (χ3n) is 2.15. The molecular formula is C11H10BrFN2S. The van der Waals surface area contributed by atoms with Crippen molar-refractivity contribution < 1.29 is 4.39 Å². The molecule has 1 heterocycles. The van der Waals surface area contributed by atoms with Crippen molar-refractivity contribution in [3.8, 4) is 0 Å². The fraction of sp³-hybridized carbons (Fsp3) is 0.0909. The lowest BCUT2D eigenvalue weighted by atomic mass is 10.2. The first kappa shape index (κ1) is 11.4. The third kappa shape index (κ3) is 2.54. The molecule has 0 atom stereocenters. The molecule has 3 N–H and O–H groups in total. The topological polar surface area (TPSA) is 38.0 Å². The quantitative estimate of drug-likeness (QED) is 0.845. The Morgan fingerprint density at radius 2 is 2.19 bits per heavy atom. The largest absolute Gasteiger partial charge is 0.397 e. The third-order valence-corrected chi connectivity index (χ3v) is 4.07. The number of benzene rings is 1. The summed E-state index contributed by atoms with van der Waals surface area (Å²) in [5.41, 5.74) is 6.90. The Labute approximate surface area is 105 Å². The summed E-state index contributed by atoms with van der Waals surface area (Å²) < 4.78 is 14.0. The van der Waals surface area contributed by atoms with E-state index in [2.05, 4.69) is 21.2 Å². The average Bonchev–Trinajstić information content (AvgIpc) is 2.66. The Morgan fingerprint density at radius 1 is 1.38 bits per heavy atom. The fourth-order valence-corrected chi connectivity index (χ4v) is 2.74. The molecule has 1 aromatic heterocycles. The van der Waals surface area contributed by atoms with Crippen molar-refractivity contribution in [3.63, 3.8) is 0 Å². The molecule has 2 rings (SSSR count). The van der Waals surface area contributed by atoms with E-state index in [9.17, 15) is 4.39 Å². The van der Waals surface area contributed by atoms with Crippen LogP contribution in [0.15, 0.2) is 34.1 Å². The van der Waals surface area contributed by atoms with Crippen LogP contribution < -0.4 is 11.1 Å². The molecule has 2 nitrogen and oxygen atoms in total. The molecule has 0 saturated carbocycles. The van der Waals surface area contributed by atoms with Crippen molar-refractivity contribution >= 4 is 38.6 Å². The SMILES string of the molecule is Nc1ccc(F)cc1NCc1sccc1Br. The summed E-state index contributed by atoms with van der Waals surface area (Å²) >= 11 is 5.07. The number of anilines is 2. The zero-order chi connectivity index (χ0) is 11.5. The highest BCUT2D eigenvalue weighted by Crippen LogP contribution is 2.25. The minimum Gasteiger partial charge on any atom is -0.397 e. The highest BCUT2D eigenvalue weighted by molar-refractivity contribution is 9.10. The molecule has 0 spiro atoms. The number of nitrogens with two attached hydrogens (primary N) is 1. The highest BCUT2D eigenvalue weighted by atomic mass is 79.9. The standard InChI is InChI=1S/C11H10BrFN2S/c12-8-3-4-16-11(8)6-15-10-5-7(13)1-2-9(10)14/h1-5,15H,6,14H2. The van der Waals surface area contributed by atoms with E-state index in [1.807, 2.05) is 11.4 Å². The molecule has 1 aromatic carbocycles. The number of nitrogens with one attached hydrogen (secondary N) is 1. The summed E-state index contributed by atoms with van der Waals surface area (Å²) in [4.78, 5) is 1.16. The van der Waals surface area contributed by atoms with Crippen molar-refractivity contribution in [2.45, 2.75) is 6.54 Å². The first-order chi connectivity index (χ1) is 7.66. The van der Waals surface area contributed by atoms with E-state index < -0.39 is 0 Å². The van der Waals surface area contributed by atoms with Crippen LogP contribution in [0.4, 0.5) is 15.8 Å². The van der Waals surface area contributed by atoms with Gasteiger partial charge in [0.25, 0.3) is 0 Å². The Morgan fingerprint density at radius 3 is 2.88 bits per heavy atom. The van der Waals surface area contributed by atoms with Crippen LogP contribution in [-0.4, -0.2) is 0 Å². The molecule has 84 valence electrons. The van der Waals surface area contributed by atoms with E-state index in [1.165, 1.54) is 12.1 Å². The van der Waals surface area contributed by atoms with E-state index in [-0.39, 0.29) is 5.82 Å². The second kappa shape index (κ2) is 4.84. The van der Waals surface area contributed by atoms with Crippen LogP contribution in [0.3, 0.4) is 0 Å². The lowest BCUT2D eigenvalue weighted by molar-refractivity contribution is 0.628. The molecule has 0 fully saturated rings. The predicted octanol–water partition coefficient (Wildman–Crippen LogP) is 3.84. The summed E-state index contributed by atoms with van der Waals surface area (Å²) in [5.74, 6) is -0.290. The van der Waals surface area contributed by atoms with Gasteiger partial charge < -0.3 is 11.1 Å². The van der Waals surface area contributed by atoms with Gasteiger partial charge in [-0.15, -0.1) is 11.3 Å². The molecule has 0 radical (unpaired) electrons. The lowest BCUT2D eigenvalue weighted by Gasteiger charge is -2.08. The predicted molar refractivity (Wildman–Crippen MR) is 70.2 cm³/mol. The summed E-state index contributed by atoms with van der Waals surface area (Å²) in [7, 11) is 0. The zero-order valence-corrected chi connectivity index (χ0v) is 10.7. The van der Waals surface area contributed by atoms with Crippen LogP contribution in [0.5, 0.6) is 0 Å². The summed E-state index contributed by atoms with van der Waals surface area (Å²) in [6.07, 6.45) is 0. The summed E-state index contributed by atoms with van der Waals surface area (Å²) in [6, 6.07) is 6.29. The molecule has 16 heavy (non-hydrogen) atoms. The average molecular weight is 301 g/mol. The van der Waals surface area contributed by atoms with E-state index in [1.54, 1.807) is 17.4 Å². The van der Waals surface area contributed by atoms with E-state index >= 15 is 0 Å². The molecule has 0 amide bonds. The second-order valence-corrected chi connectivity index (χ2v) is 5.13. The van der Waals surface area contributed by atoms with E-state index in [0.29, 0.717) is 17.9 Å². The van der Waals surface area contributed by atoms with Crippen molar-refractivity contribution in [2.24, 2.45) is 0 Å². The molecule has 0 aliphatic heterocycles. The molecule has 0 aliphatic rings. The number of rotatable bonds is 3. The van der Waals surface area contributed by atoms with Gasteiger partial charge >= 0.3 is 0 Å². The van der Waals surface area contributed by atoms with Gasteiger partial charge in [0.2, 0.25) is 0 Å². The molecule has 0 unspecified atom stereocenters. The second-order valence-electron chi connectivity index (χ2n) is 3.28. The lowest BCUT2D eigenvalue weighted by Crippen LogP contribution is -2.02. The van der Waals surface area contributed by atoms with E-state index in [0.717, 1.165) is 9.35 Å². The van der Waals surface area contributed by atoms with Crippen molar-refractivity contribution in [1.29, 1.82) is 0 Å². The van der Waals surface area contributed by atoms with Crippen molar-refractivity contribution in [3.05, 3.63) is 44.8 Å². The molecule has 5 heteroatoms. The van der Waals surface area contributed by atoms with Crippen LogP contribution in [-0.2, 0) is 6.54 Å². The maximum absolute atomic E-state index is 13.0. The Kier molecular flexibility index (Phi) is 3.46. The number of hydrogen-bond acceptors (Lipinski definition) is 3. The minimum absolute atomic E-state index is 0.290. The monoisotopic (exact) mass is 300 g/mol. The smallest absolute Gasteiger partial charge is 0.125 e. The van der Waals surface area contributed by atoms with E-state index in [4.69, 9.17) is 5.73 Å². The number of halogens is 2. The van der Waals surface area contributed by atoms with Crippen LogP contribution >= 0.6 is 27.3 Å². The zero-order valence-electron chi connectivity index (χ0n) is 8.34. The van der Waals surface area contributed by atoms with Crippen LogP contribution in [0, 0.1) is 5.82 Å². The van der Waals surface area contributed by atoms with Crippen LogP contribution in [0.25, 0.3) is 0 Å². The Bertz CT molecular complexity index is 498. The first-order valence-corrected chi connectivity index (χ1v) is 6.35. The maximum Gasteiger partial charge on any atom is 0.125 e. The van der Waals surface area contributed by atoms with Gasteiger partial charge in [0, 0.05) is 9.35 Å². The summed E-state index contributed by atoms with van der Waals surface area (Å²) in [6.45, 7) is 0.631. The number of nitrogen functional groups attached to an aromatic ring is 1. The highest BCUT2D eigenvalue weighted by Gasteiger charge is 2.04. The molecule has 0 bridgehead atoms. The van der Waals surface area contributed by atoms with Gasteiger partial charge in [0.1, 0.15) is 5.82 Å². The van der Waals surface area contributed by atoms with Crippen LogP contribution in [0.1, 0.15) is 4.88 Å². The van der Waals surface area contributed by atoms with Gasteiger partial charge in [-0.1, -0.05) is 0 Å². The number of thiophene rings is 1. The Balaban J connectivity index is 2.10. The normalized spacial score (nSPS) is 10.4. The van der Waals surface area contributed by atoms with Gasteiger partial charge in [-0.25, -0.2) is 4.39 Å². The minimum atomic E-state index is -0.290.